The van der Waals surface area contributed by atoms with Gasteiger partial charge in [-0.25, -0.2) is 0 Å². The summed E-state index contributed by atoms with van der Waals surface area (Å²) >= 11 is 0. The lowest BCUT2D eigenvalue weighted by Gasteiger charge is -2.10. The highest BCUT2D eigenvalue weighted by molar-refractivity contribution is 5.85. The smallest absolute Gasteiger partial charge is 0.392 e. The van der Waals surface area contributed by atoms with E-state index in [0.29, 0.717) is 12.2 Å². The van der Waals surface area contributed by atoms with E-state index in [9.17, 15) is 18.0 Å². The molecule has 0 spiro atoms. The molecule has 0 aliphatic heterocycles. The van der Waals surface area contributed by atoms with Crippen LogP contribution < -0.4 is 4.74 Å². The number of alkyl halides is 3. The largest absolute Gasteiger partial charge is 0.493 e. The highest BCUT2D eigenvalue weighted by Gasteiger charge is 2.26. The Morgan fingerprint density at radius 3 is 2.04 bits per heavy atom. The van der Waals surface area contributed by atoms with Crippen LogP contribution in [0.25, 0.3) is 0 Å². The predicted molar refractivity (Wildman–Crippen MR) is 103 cm³/mol. The van der Waals surface area contributed by atoms with Crippen LogP contribution in [-0.4, -0.2) is 18.6 Å². The van der Waals surface area contributed by atoms with E-state index in [4.69, 9.17) is 4.74 Å². The van der Waals surface area contributed by atoms with Gasteiger partial charge in [0.15, 0.2) is 0 Å². The minimum atomic E-state index is -4.22. The Bertz CT molecular complexity index is 825. The van der Waals surface area contributed by atoms with Crippen molar-refractivity contribution in [2.75, 3.05) is 6.61 Å². The van der Waals surface area contributed by atoms with Gasteiger partial charge in [-0.05, 0) is 48.4 Å². The van der Waals surface area contributed by atoms with Gasteiger partial charge in [-0.15, -0.1) is 0 Å². The third kappa shape index (κ3) is 7.11. The summed E-state index contributed by atoms with van der Waals surface area (Å²) < 4.78 is 41.4. The van der Waals surface area contributed by atoms with Crippen molar-refractivity contribution in [3.05, 3.63) is 65.2 Å². The summed E-state index contributed by atoms with van der Waals surface area (Å²) in [6, 6.07) is 14.2. The molecular formula is C23H23F3O2. The van der Waals surface area contributed by atoms with Crippen molar-refractivity contribution in [1.82, 2.24) is 0 Å². The zero-order chi connectivity index (χ0) is 20.6. The number of ketones is 1. The molecule has 0 aliphatic carbocycles. The Morgan fingerprint density at radius 1 is 1.00 bits per heavy atom. The fraction of sp³-hybridized carbons (Fsp3) is 0.348. The zero-order valence-electron chi connectivity index (χ0n) is 16.0. The SMILES string of the molecule is CCCC(=O)C(C)c1ccc(C#Cc2ccc(OCCC(F)(F)F)cc2)cc1. The van der Waals surface area contributed by atoms with E-state index in [1.807, 2.05) is 38.1 Å². The molecule has 0 saturated carbocycles. The zero-order valence-corrected chi connectivity index (χ0v) is 16.0. The Kier molecular flexibility index (Phi) is 7.69. The van der Waals surface area contributed by atoms with E-state index >= 15 is 0 Å². The van der Waals surface area contributed by atoms with Gasteiger partial charge in [-0.3, -0.25) is 4.79 Å². The maximum absolute atomic E-state index is 12.1. The standard InChI is InChI=1S/C23H23F3O2/c1-3-4-22(27)17(2)20-11-7-18(8-12-20)5-6-19-9-13-21(14-10-19)28-16-15-23(24,25)26/h7-14,17H,3-4,15-16H2,1-2H3. The third-order valence-electron chi connectivity index (χ3n) is 4.25. The lowest BCUT2D eigenvalue weighted by atomic mass is 9.93. The van der Waals surface area contributed by atoms with Crippen molar-refractivity contribution < 1.29 is 22.7 Å². The Hall–Kier alpha value is -2.74. The van der Waals surface area contributed by atoms with Gasteiger partial charge < -0.3 is 4.74 Å². The Morgan fingerprint density at radius 2 is 1.54 bits per heavy atom. The van der Waals surface area contributed by atoms with Crippen molar-refractivity contribution in [2.45, 2.75) is 45.2 Å². The number of carbonyl (C=O) groups excluding carboxylic acids is 1. The monoisotopic (exact) mass is 388 g/mol. The van der Waals surface area contributed by atoms with Crippen molar-refractivity contribution in [1.29, 1.82) is 0 Å². The molecule has 2 aromatic carbocycles. The molecular weight excluding hydrogens is 365 g/mol. The molecule has 0 bridgehead atoms. The third-order valence-corrected chi connectivity index (χ3v) is 4.25. The van der Waals surface area contributed by atoms with Gasteiger partial charge in [0.05, 0.1) is 13.0 Å². The maximum atomic E-state index is 12.1. The number of hydrogen-bond acceptors (Lipinski definition) is 2. The topological polar surface area (TPSA) is 26.3 Å². The first-order valence-electron chi connectivity index (χ1n) is 9.23. The molecule has 0 heterocycles. The number of Topliss-reactive ketones (excluding diaryl/α,β-unsaturated/α-hetero) is 1. The highest BCUT2D eigenvalue weighted by Crippen LogP contribution is 2.21. The summed E-state index contributed by atoms with van der Waals surface area (Å²) in [6.45, 7) is 3.50. The van der Waals surface area contributed by atoms with Crippen LogP contribution in [0.2, 0.25) is 0 Å². The van der Waals surface area contributed by atoms with Gasteiger partial charge >= 0.3 is 6.18 Å². The van der Waals surface area contributed by atoms with E-state index in [1.165, 1.54) is 0 Å². The summed E-state index contributed by atoms with van der Waals surface area (Å²) in [5.74, 6) is 6.54. The number of ether oxygens (including phenoxy) is 1. The molecule has 2 nitrogen and oxygen atoms in total. The summed E-state index contributed by atoms with van der Waals surface area (Å²) in [5, 5.41) is 0. The van der Waals surface area contributed by atoms with Gasteiger partial charge in [-0.1, -0.05) is 37.8 Å². The van der Waals surface area contributed by atoms with Crippen LogP contribution in [0.5, 0.6) is 5.75 Å². The van der Waals surface area contributed by atoms with Gasteiger partial charge in [-0.2, -0.15) is 13.2 Å². The quantitative estimate of drug-likeness (QED) is 0.553. The molecule has 1 unspecified atom stereocenters. The van der Waals surface area contributed by atoms with Crippen LogP contribution >= 0.6 is 0 Å². The first-order valence-corrected chi connectivity index (χ1v) is 9.23. The lowest BCUT2D eigenvalue weighted by molar-refractivity contribution is -0.139. The number of halogens is 3. The van der Waals surface area contributed by atoms with E-state index in [0.717, 1.165) is 23.1 Å². The molecule has 1 atom stereocenters. The second-order valence-electron chi connectivity index (χ2n) is 6.55. The van der Waals surface area contributed by atoms with Crippen LogP contribution in [0.3, 0.4) is 0 Å². The second-order valence-corrected chi connectivity index (χ2v) is 6.55. The van der Waals surface area contributed by atoms with Gasteiger partial charge in [0, 0.05) is 23.5 Å². The van der Waals surface area contributed by atoms with Crippen LogP contribution in [0.4, 0.5) is 13.2 Å². The molecule has 0 aromatic heterocycles. The number of carbonyl (C=O) groups is 1. The summed E-state index contributed by atoms with van der Waals surface area (Å²) in [7, 11) is 0. The summed E-state index contributed by atoms with van der Waals surface area (Å²) in [6.07, 6.45) is -3.77. The van der Waals surface area contributed by atoms with Gasteiger partial charge in [0.1, 0.15) is 11.5 Å². The first kappa shape index (κ1) is 21.6. The molecule has 0 fully saturated rings. The van der Waals surface area contributed by atoms with Crippen molar-refractivity contribution in [3.8, 4) is 17.6 Å². The summed E-state index contributed by atoms with van der Waals surface area (Å²) in [4.78, 5) is 12.0. The van der Waals surface area contributed by atoms with E-state index in [1.54, 1.807) is 24.3 Å². The molecule has 28 heavy (non-hydrogen) atoms. The molecule has 2 aromatic rings. The van der Waals surface area contributed by atoms with Crippen LogP contribution in [0.15, 0.2) is 48.5 Å². The molecule has 0 aliphatic rings. The minimum absolute atomic E-state index is 0.119. The fourth-order valence-corrected chi connectivity index (χ4v) is 2.57. The van der Waals surface area contributed by atoms with Gasteiger partial charge in [0.25, 0.3) is 0 Å². The lowest BCUT2D eigenvalue weighted by Crippen LogP contribution is -2.12. The highest BCUT2D eigenvalue weighted by atomic mass is 19.4. The normalized spacial score (nSPS) is 12.0. The molecule has 5 heteroatoms. The molecule has 0 N–H and O–H groups in total. The number of benzene rings is 2. The van der Waals surface area contributed by atoms with Crippen LogP contribution in [-0.2, 0) is 4.79 Å². The second kappa shape index (κ2) is 9.98. The first-order chi connectivity index (χ1) is 13.3. The van der Waals surface area contributed by atoms with E-state index in [-0.39, 0.29) is 11.7 Å². The summed E-state index contributed by atoms with van der Waals surface area (Å²) in [5.41, 5.74) is 2.53. The van der Waals surface area contributed by atoms with Crippen molar-refractivity contribution >= 4 is 5.78 Å². The van der Waals surface area contributed by atoms with Crippen LogP contribution in [0, 0.1) is 11.8 Å². The molecule has 2 rings (SSSR count). The van der Waals surface area contributed by atoms with Crippen molar-refractivity contribution in [3.63, 3.8) is 0 Å². The average molecular weight is 388 g/mol. The van der Waals surface area contributed by atoms with E-state index < -0.39 is 19.2 Å². The van der Waals surface area contributed by atoms with E-state index in [2.05, 4.69) is 11.8 Å². The van der Waals surface area contributed by atoms with Gasteiger partial charge in [0.2, 0.25) is 0 Å². The molecule has 0 radical (unpaired) electrons. The molecule has 0 amide bonds. The molecule has 148 valence electrons. The fourth-order valence-electron chi connectivity index (χ4n) is 2.57. The Balaban J connectivity index is 1.95. The minimum Gasteiger partial charge on any atom is -0.493 e. The maximum Gasteiger partial charge on any atom is 0.392 e. The van der Waals surface area contributed by atoms with Crippen molar-refractivity contribution in [2.24, 2.45) is 0 Å². The number of rotatable bonds is 7. The average Bonchev–Trinajstić information content (AvgIpc) is 2.66. The predicted octanol–water partition coefficient (Wildman–Crippen LogP) is 5.89. The molecule has 0 saturated heterocycles. The number of hydrogen-bond donors (Lipinski definition) is 0. The Labute approximate surface area is 163 Å². The van der Waals surface area contributed by atoms with Crippen LogP contribution in [0.1, 0.15) is 55.7 Å².